The van der Waals surface area contributed by atoms with E-state index in [-0.39, 0.29) is 17.9 Å². The molecule has 0 heterocycles. The van der Waals surface area contributed by atoms with Crippen LogP contribution in [0.2, 0.25) is 0 Å². The van der Waals surface area contributed by atoms with E-state index in [0.29, 0.717) is 0 Å². The van der Waals surface area contributed by atoms with Crippen molar-refractivity contribution >= 4 is 5.97 Å². The molecule has 6 heteroatoms. The van der Waals surface area contributed by atoms with E-state index in [1.165, 1.54) is 12.1 Å². The minimum absolute atomic E-state index is 0.0467. The molecule has 1 aromatic carbocycles. The maximum Gasteiger partial charge on any atom is 0.419 e. The van der Waals surface area contributed by atoms with Crippen LogP contribution >= 0.6 is 0 Å². The van der Waals surface area contributed by atoms with Crippen LogP contribution in [0.15, 0.2) is 18.2 Å². The van der Waals surface area contributed by atoms with Gasteiger partial charge in [0.05, 0.1) is 12.0 Å². The summed E-state index contributed by atoms with van der Waals surface area (Å²) in [7, 11) is 0. The topological polar surface area (TPSA) is 57.5 Å². The molecular weight excluding hydrogens is 261 g/mol. The lowest BCUT2D eigenvalue weighted by atomic mass is 9.89. The van der Waals surface area contributed by atoms with Crippen molar-refractivity contribution in [3.63, 3.8) is 0 Å². The number of hydrogen-bond donors (Lipinski definition) is 2. The van der Waals surface area contributed by atoms with Gasteiger partial charge in [-0.15, -0.1) is 0 Å². The summed E-state index contributed by atoms with van der Waals surface area (Å²) in [4.78, 5) is 10.8. The van der Waals surface area contributed by atoms with Crippen LogP contribution in [0.1, 0.15) is 36.3 Å². The minimum Gasteiger partial charge on any atom is -0.507 e. The standard InChI is InChI=1S/C13H13F3O3/c14-13(15,16)10-3-1-2-8(12(10)19)9(6-11(17)18)7-4-5-7/h1-3,7,9,19H,4-6H2,(H,17,18). The van der Waals surface area contributed by atoms with E-state index in [9.17, 15) is 23.1 Å². The lowest BCUT2D eigenvalue weighted by Gasteiger charge is -2.18. The molecule has 0 amide bonds. The number of phenolic OH excluding ortho intramolecular Hbond substituents is 1. The van der Waals surface area contributed by atoms with Crippen molar-refractivity contribution in [3.8, 4) is 5.75 Å². The molecule has 0 aliphatic heterocycles. The van der Waals surface area contributed by atoms with Crippen molar-refractivity contribution in [2.75, 3.05) is 0 Å². The van der Waals surface area contributed by atoms with Crippen LogP contribution in [0.5, 0.6) is 5.75 Å². The summed E-state index contributed by atoms with van der Waals surface area (Å²) in [5, 5.41) is 18.6. The smallest absolute Gasteiger partial charge is 0.419 e. The monoisotopic (exact) mass is 274 g/mol. The number of phenols is 1. The number of para-hydroxylation sites is 1. The van der Waals surface area contributed by atoms with E-state index in [0.717, 1.165) is 18.9 Å². The van der Waals surface area contributed by atoms with E-state index in [4.69, 9.17) is 5.11 Å². The number of rotatable bonds is 4. The number of aliphatic carboxylic acids is 1. The Bertz CT molecular complexity index is 492. The Morgan fingerprint density at radius 2 is 2.00 bits per heavy atom. The number of carboxylic acids is 1. The van der Waals surface area contributed by atoms with Gasteiger partial charge in [0.2, 0.25) is 0 Å². The van der Waals surface area contributed by atoms with Crippen LogP contribution < -0.4 is 0 Å². The van der Waals surface area contributed by atoms with Gasteiger partial charge in [0.25, 0.3) is 0 Å². The average Bonchev–Trinajstić information content (AvgIpc) is 3.08. The molecule has 0 bridgehead atoms. The predicted octanol–water partition coefficient (Wildman–Crippen LogP) is 3.38. The number of halogens is 3. The van der Waals surface area contributed by atoms with Crippen LogP contribution in [0, 0.1) is 5.92 Å². The zero-order chi connectivity index (χ0) is 14.2. The largest absolute Gasteiger partial charge is 0.507 e. The van der Waals surface area contributed by atoms with Gasteiger partial charge in [0, 0.05) is 5.92 Å². The quantitative estimate of drug-likeness (QED) is 0.884. The normalized spacial score (nSPS) is 17.2. The van der Waals surface area contributed by atoms with Crippen molar-refractivity contribution < 1.29 is 28.2 Å². The molecule has 104 valence electrons. The van der Waals surface area contributed by atoms with Crippen molar-refractivity contribution in [2.45, 2.75) is 31.4 Å². The lowest BCUT2D eigenvalue weighted by Crippen LogP contribution is -2.11. The second-order valence-electron chi connectivity index (χ2n) is 4.78. The number of aromatic hydroxyl groups is 1. The minimum atomic E-state index is -4.64. The highest BCUT2D eigenvalue weighted by Crippen LogP contribution is 2.49. The summed E-state index contributed by atoms with van der Waals surface area (Å²) in [5.74, 6) is -2.42. The van der Waals surface area contributed by atoms with Crippen LogP contribution in [-0.2, 0) is 11.0 Å². The van der Waals surface area contributed by atoms with Crippen LogP contribution in [-0.4, -0.2) is 16.2 Å². The first kappa shape index (κ1) is 13.7. The molecule has 2 rings (SSSR count). The second kappa shape index (κ2) is 4.75. The SMILES string of the molecule is O=C(O)CC(c1cccc(C(F)(F)F)c1O)C1CC1. The zero-order valence-corrected chi connectivity index (χ0v) is 9.94. The highest BCUT2D eigenvalue weighted by Gasteiger charge is 2.39. The van der Waals surface area contributed by atoms with Gasteiger partial charge in [0.1, 0.15) is 5.75 Å². The molecule has 1 aliphatic carbocycles. The molecule has 0 spiro atoms. The molecule has 1 aromatic rings. The fraction of sp³-hybridized carbons (Fsp3) is 0.462. The van der Waals surface area contributed by atoms with E-state index in [1.54, 1.807) is 0 Å². The molecule has 0 radical (unpaired) electrons. The lowest BCUT2D eigenvalue weighted by molar-refractivity contribution is -0.138. The summed E-state index contributed by atoms with van der Waals surface area (Å²) in [5.41, 5.74) is -1.03. The molecule has 1 aliphatic rings. The maximum atomic E-state index is 12.7. The molecule has 0 saturated heterocycles. The second-order valence-corrected chi connectivity index (χ2v) is 4.78. The molecule has 1 fully saturated rings. The van der Waals surface area contributed by atoms with Gasteiger partial charge in [-0.1, -0.05) is 12.1 Å². The van der Waals surface area contributed by atoms with Gasteiger partial charge in [0.15, 0.2) is 0 Å². The Hall–Kier alpha value is -1.72. The van der Waals surface area contributed by atoms with Crippen molar-refractivity contribution in [3.05, 3.63) is 29.3 Å². The average molecular weight is 274 g/mol. The van der Waals surface area contributed by atoms with Crippen LogP contribution in [0.3, 0.4) is 0 Å². The third-order valence-corrected chi connectivity index (χ3v) is 3.36. The Morgan fingerprint density at radius 3 is 2.47 bits per heavy atom. The molecule has 2 N–H and O–H groups in total. The van der Waals surface area contributed by atoms with Gasteiger partial charge in [-0.05, 0) is 30.4 Å². The number of benzene rings is 1. The van der Waals surface area contributed by atoms with Crippen molar-refractivity contribution in [1.82, 2.24) is 0 Å². The zero-order valence-electron chi connectivity index (χ0n) is 9.94. The van der Waals surface area contributed by atoms with E-state index < -0.39 is 29.4 Å². The van der Waals surface area contributed by atoms with Gasteiger partial charge < -0.3 is 10.2 Å². The van der Waals surface area contributed by atoms with Gasteiger partial charge in [-0.3, -0.25) is 4.79 Å². The molecular formula is C13H13F3O3. The number of alkyl halides is 3. The van der Waals surface area contributed by atoms with E-state index in [1.807, 2.05) is 0 Å². The Labute approximate surface area is 107 Å². The first-order valence-electron chi connectivity index (χ1n) is 5.91. The Balaban J connectivity index is 2.40. The van der Waals surface area contributed by atoms with Crippen molar-refractivity contribution in [1.29, 1.82) is 0 Å². The third-order valence-electron chi connectivity index (χ3n) is 3.36. The molecule has 1 unspecified atom stereocenters. The highest BCUT2D eigenvalue weighted by molar-refractivity contribution is 5.68. The highest BCUT2D eigenvalue weighted by atomic mass is 19.4. The fourth-order valence-corrected chi connectivity index (χ4v) is 2.31. The predicted molar refractivity (Wildman–Crippen MR) is 60.8 cm³/mol. The summed E-state index contributed by atoms with van der Waals surface area (Å²) in [6.45, 7) is 0. The maximum absolute atomic E-state index is 12.7. The van der Waals surface area contributed by atoms with Gasteiger partial charge >= 0.3 is 12.1 Å². The van der Waals surface area contributed by atoms with Crippen molar-refractivity contribution in [2.24, 2.45) is 5.92 Å². The molecule has 1 saturated carbocycles. The summed E-state index contributed by atoms with van der Waals surface area (Å²) in [6, 6.07) is 3.37. The first-order chi connectivity index (χ1) is 8.80. The van der Waals surface area contributed by atoms with Gasteiger partial charge in [-0.25, -0.2) is 0 Å². The van der Waals surface area contributed by atoms with E-state index in [2.05, 4.69) is 0 Å². The summed E-state index contributed by atoms with van der Waals surface area (Å²) >= 11 is 0. The molecule has 0 aromatic heterocycles. The van der Waals surface area contributed by atoms with E-state index >= 15 is 0 Å². The molecule has 19 heavy (non-hydrogen) atoms. The third kappa shape index (κ3) is 3.00. The molecule has 3 nitrogen and oxygen atoms in total. The Morgan fingerprint density at radius 1 is 1.37 bits per heavy atom. The fourth-order valence-electron chi connectivity index (χ4n) is 2.31. The van der Waals surface area contributed by atoms with Gasteiger partial charge in [-0.2, -0.15) is 13.2 Å². The summed E-state index contributed by atoms with van der Waals surface area (Å²) < 4.78 is 38.1. The number of carbonyl (C=O) groups is 1. The number of carboxylic acid groups (broad SMARTS) is 1. The van der Waals surface area contributed by atoms with Crippen LogP contribution in [0.4, 0.5) is 13.2 Å². The Kier molecular flexibility index (Phi) is 3.43. The van der Waals surface area contributed by atoms with Crippen LogP contribution in [0.25, 0.3) is 0 Å². The molecule has 1 atom stereocenters. The number of hydrogen-bond acceptors (Lipinski definition) is 2. The summed E-state index contributed by atoms with van der Waals surface area (Å²) in [6.07, 6.45) is -3.34. The first-order valence-corrected chi connectivity index (χ1v) is 5.91.